The predicted octanol–water partition coefficient (Wildman–Crippen LogP) is 1.15. The zero-order valence-electron chi connectivity index (χ0n) is 10.8. The second-order valence-corrected chi connectivity index (χ2v) is 7.14. The van der Waals surface area contributed by atoms with Crippen LogP contribution >= 0.6 is 11.8 Å². The minimum atomic E-state index is -0.640. The highest BCUT2D eigenvalue weighted by atomic mass is 32.2. The van der Waals surface area contributed by atoms with Crippen LogP contribution in [0, 0.1) is 0 Å². The van der Waals surface area contributed by atoms with Crippen LogP contribution in [0.1, 0.15) is 40.0 Å². The van der Waals surface area contributed by atoms with E-state index in [1.165, 1.54) is 12.8 Å². The molecule has 4 nitrogen and oxygen atoms in total. The molecule has 2 heterocycles. The van der Waals surface area contributed by atoms with Gasteiger partial charge in [0, 0.05) is 0 Å². The molecule has 17 heavy (non-hydrogen) atoms. The van der Waals surface area contributed by atoms with Crippen molar-refractivity contribution in [3.63, 3.8) is 0 Å². The van der Waals surface area contributed by atoms with E-state index in [4.69, 9.17) is 0 Å². The average molecular weight is 258 g/mol. The number of amides is 1. The Morgan fingerprint density at radius 1 is 1.47 bits per heavy atom. The maximum absolute atomic E-state index is 11.9. The Labute approximate surface area is 107 Å². The number of nitrogens with one attached hydrogen (secondary N) is 1. The van der Waals surface area contributed by atoms with E-state index in [9.17, 15) is 9.90 Å². The second-order valence-electron chi connectivity index (χ2n) is 5.37. The molecule has 0 spiro atoms. The number of aliphatic hydroxyl groups is 1. The molecule has 2 aliphatic heterocycles. The minimum Gasteiger partial charge on any atom is -0.372 e. The van der Waals surface area contributed by atoms with E-state index < -0.39 is 6.23 Å². The fourth-order valence-electron chi connectivity index (χ4n) is 2.40. The van der Waals surface area contributed by atoms with Gasteiger partial charge in [0.1, 0.15) is 17.6 Å². The fourth-order valence-corrected chi connectivity index (χ4v) is 3.94. The quantitative estimate of drug-likeness (QED) is 0.574. The Morgan fingerprint density at radius 3 is 2.82 bits per heavy atom. The van der Waals surface area contributed by atoms with Crippen molar-refractivity contribution in [3.8, 4) is 0 Å². The number of aliphatic hydroxyl groups excluding tert-OH is 1. The van der Waals surface area contributed by atoms with Crippen molar-refractivity contribution in [1.82, 2.24) is 10.2 Å². The first-order chi connectivity index (χ1) is 7.99. The number of β-lactam (4-membered cyclic amide) rings is 1. The minimum absolute atomic E-state index is 0.0528. The van der Waals surface area contributed by atoms with Crippen LogP contribution in [0.2, 0.25) is 0 Å². The summed E-state index contributed by atoms with van der Waals surface area (Å²) in [5.41, 5.74) is 0. The topological polar surface area (TPSA) is 52.6 Å². The number of carbonyl (C=O) groups excluding carboxylic acids is 1. The SMILES string of the molecule is CCCCCNC1C(=O)N2C1SC(C)(C)C2O. The van der Waals surface area contributed by atoms with Gasteiger partial charge in [-0.15, -0.1) is 11.8 Å². The van der Waals surface area contributed by atoms with Gasteiger partial charge < -0.3 is 15.3 Å². The molecule has 5 heteroatoms. The zero-order valence-corrected chi connectivity index (χ0v) is 11.6. The number of unbranched alkanes of at least 4 members (excludes halogenated alkanes) is 2. The predicted molar refractivity (Wildman–Crippen MR) is 69.6 cm³/mol. The Bertz CT molecular complexity index is 309. The molecule has 1 amide bonds. The van der Waals surface area contributed by atoms with Gasteiger partial charge in [0.05, 0.1) is 4.75 Å². The van der Waals surface area contributed by atoms with Crippen molar-refractivity contribution in [2.45, 2.75) is 62.4 Å². The molecule has 3 unspecified atom stereocenters. The maximum atomic E-state index is 11.9. The monoisotopic (exact) mass is 258 g/mol. The van der Waals surface area contributed by atoms with E-state index in [1.54, 1.807) is 16.7 Å². The summed E-state index contributed by atoms with van der Waals surface area (Å²) in [5, 5.41) is 13.4. The molecular weight excluding hydrogens is 236 g/mol. The molecule has 2 aliphatic rings. The van der Waals surface area contributed by atoms with Crippen molar-refractivity contribution < 1.29 is 9.90 Å². The Balaban J connectivity index is 1.86. The smallest absolute Gasteiger partial charge is 0.245 e. The van der Waals surface area contributed by atoms with Crippen molar-refractivity contribution in [1.29, 1.82) is 0 Å². The first kappa shape index (κ1) is 13.2. The van der Waals surface area contributed by atoms with E-state index >= 15 is 0 Å². The van der Waals surface area contributed by atoms with Crippen LogP contribution in [0.15, 0.2) is 0 Å². The lowest BCUT2D eigenvalue weighted by Crippen LogP contribution is -2.68. The molecule has 0 aromatic heterocycles. The van der Waals surface area contributed by atoms with Crippen molar-refractivity contribution in [3.05, 3.63) is 0 Å². The van der Waals surface area contributed by atoms with Crippen molar-refractivity contribution >= 4 is 17.7 Å². The summed E-state index contributed by atoms with van der Waals surface area (Å²) in [6, 6.07) is -0.0896. The van der Waals surface area contributed by atoms with Gasteiger partial charge in [0.25, 0.3) is 0 Å². The summed E-state index contributed by atoms with van der Waals surface area (Å²) < 4.78 is -0.250. The molecule has 2 saturated heterocycles. The molecule has 0 bridgehead atoms. The van der Waals surface area contributed by atoms with Gasteiger partial charge in [0.2, 0.25) is 5.91 Å². The summed E-state index contributed by atoms with van der Waals surface area (Å²) in [7, 11) is 0. The standard InChI is InChI=1S/C12H22N2O2S/c1-4-5-6-7-13-8-9(15)14-10(8)17-12(2,3)11(14)16/h8,10-11,13,16H,4-7H2,1-3H3. The van der Waals surface area contributed by atoms with Crippen LogP contribution in [-0.2, 0) is 4.79 Å². The summed E-state index contributed by atoms with van der Waals surface area (Å²) >= 11 is 1.69. The van der Waals surface area contributed by atoms with Gasteiger partial charge in [-0.1, -0.05) is 19.8 Å². The van der Waals surface area contributed by atoms with E-state index in [0.717, 1.165) is 13.0 Å². The normalized spacial score (nSPS) is 34.7. The zero-order chi connectivity index (χ0) is 12.6. The van der Waals surface area contributed by atoms with E-state index in [1.807, 2.05) is 13.8 Å². The Morgan fingerprint density at radius 2 is 2.18 bits per heavy atom. The molecule has 0 radical (unpaired) electrons. The highest BCUT2D eigenvalue weighted by Gasteiger charge is 2.60. The highest BCUT2D eigenvalue weighted by molar-refractivity contribution is 8.01. The number of thioether (sulfide) groups is 1. The molecule has 2 N–H and O–H groups in total. The largest absolute Gasteiger partial charge is 0.372 e. The molecular formula is C12H22N2O2S. The molecule has 98 valence electrons. The summed E-state index contributed by atoms with van der Waals surface area (Å²) in [6.45, 7) is 7.04. The number of hydrogen-bond donors (Lipinski definition) is 2. The number of rotatable bonds is 5. The first-order valence-corrected chi connectivity index (χ1v) is 7.28. The van der Waals surface area contributed by atoms with Crippen LogP contribution in [-0.4, -0.2) is 44.8 Å². The second kappa shape index (κ2) is 4.78. The third-order valence-corrected chi connectivity index (χ3v) is 5.09. The molecule has 0 aliphatic carbocycles. The van der Waals surface area contributed by atoms with Crippen LogP contribution in [0.5, 0.6) is 0 Å². The molecule has 2 fully saturated rings. The van der Waals surface area contributed by atoms with Gasteiger partial charge in [-0.05, 0) is 26.8 Å². The van der Waals surface area contributed by atoms with Crippen LogP contribution in [0.3, 0.4) is 0 Å². The average Bonchev–Trinajstić information content (AvgIpc) is 2.47. The Hall–Kier alpha value is -0.260. The third-order valence-electron chi connectivity index (χ3n) is 3.53. The maximum Gasteiger partial charge on any atom is 0.245 e. The number of hydrogen-bond acceptors (Lipinski definition) is 4. The van der Waals surface area contributed by atoms with Gasteiger partial charge >= 0.3 is 0 Å². The Kier molecular flexibility index (Phi) is 3.71. The van der Waals surface area contributed by atoms with E-state index in [-0.39, 0.29) is 22.1 Å². The molecule has 0 aromatic rings. The summed E-state index contributed by atoms with van der Waals surface area (Å²) in [6.07, 6.45) is 2.86. The number of nitrogens with zero attached hydrogens (tertiary/aromatic N) is 1. The highest BCUT2D eigenvalue weighted by Crippen LogP contribution is 2.49. The fraction of sp³-hybridized carbons (Fsp3) is 0.917. The van der Waals surface area contributed by atoms with Crippen molar-refractivity contribution in [2.75, 3.05) is 6.54 Å². The summed E-state index contributed by atoms with van der Waals surface area (Å²) in [5.74, 6) is 0.0528. The van der Waals surface area contributed by atoms with Crippen LogP contribution < -0.4 is 5.32 Å². The van der Waals surface area contributed by atoms with Gasteiger partial charge in [0.15, 0.2) is 0 Å². The lowest BCUT2D eigenvalue weighted by molar-refractivity contribution is -0.160. The van der Waals surface area contributed by atoms with Crippen LogP contribution in [0.25, 0.3) is 0 Å². The molecule has 0 aromatic carbocycles. The van der Waals surface area contributed by atoms with Gasteiger partial charge in [-0.2, -0.15) is 0 Å². The van der Waals surface area contributed by atoms with Crippen molar-refractivity contribution in [2.24, 2.45) is 0 Å². The van der Waals surface area contributed by atoms with Gasteiger partial charge in [-0.3, -0.25) is 4.79 Å². The first-order valence-electron chi connectivity index (χ1n) is 6.40. The lowest BCUT2D eigenvalue weighted by Gasteiger charge is -2.43. The molecule has 0 saturated carbocycles. The van der Waals surface area contributed by atoms with Crippen LogP contribution in [0.4, 0.5) is 0 Å². The van der Waals surface area contributed by atoms with E-state index in [0.29, 0.717) is 0 Å². The third kappa shape index (κ3) is 2.20. The number of carbonyl (C=O) groups is 1. The molecule has 2 rings (SSSR count). The summed E-state index contributed by atoms with van der Waals surface area (Å²) in [4.78, 5) is 13.5. The number of fused-ring (bicyclic) bond motifs is 1. The molecule has 3 atom stereocenters. The van der Waals surface area contributed by atoms with Gasteiger partial charge in [-0.25, -0.2) is 0 Å². The lowest BCUT2D eigenvalue weighted by atomic mass is 10.0. The van der Waals surface area contributed by atoms with E-state index in [2.05, 4.69) is 12.2 Å².